The van der Waals surface area contributed by atoms with Crippen molar-refractivity contribution in [3.05, 3.63) is 64.3 Å². The van der Waals surface area contributed by atoms with E-state index >= 15 is 0 Å². The highest BCUT2D eigenvalue weighted by molar-refractivity contribution is 6.19. The van der Waals surface area contributed by atoms with Crippen molar-refractivity contribution in [2.75, 3.05) is 0 Å². The van der Waals surface area contributed by atoms with Gasteiger partial charge in [-0.05, 0) is 35.8 Å². The molecule has 2 heterocycles. The highest BCUT2D eigenvalue weighted by Crippen LogP contribution is 2.32. The lowest BCUT2D eigenvalue weighted by Crippen LogP contribution is -1.98. The first-order valence-corrected chi connectivity index (χ1v) is 6.84. The lowest BCUT2D eigenvalue weighted by Gasteiger charge is -2.04. The highest BCUT2D eigenvalue weighted by atomic mass is 16.6. The van der Waals surface area contributed by atoms with E-state index in [1.165, 1.54) is 6.07 Å². The fourth-order valence-electron chi connectivity index (χ4n) is 2.73. The van der Waals surface area contributed by atoms with Crippen LogP contribution in [0.4, 0.5) is 0 Å². The molecule has 1 saturated heterocycles. The summed E-state index contributed by atoms with van der Waals surface area (Å²) in [5, 5.41) is 0. The summed E-state index contributed by atoms with van der Waals surface area (Å²) in [5.41, 5.74) is 2.15. The number of cyclic esters (lactones) is 4. The Morgan fingerprint density at radius 3 is 2.26 bits per heavy atom. The van der Waals surface area contributed by atoms with Crippen LogP contribution in [-0.2, 0) is 19.1 Å². The molecule has 1 aromatic carbocycles. The minimum atomic E-state index is -0.692. The van der Waals surface area contributed by atoms with Crippen molar-refractivity contribution in [2.45, 2.75) is 6.42 Å². The highest BCUT2D eigenvalue weighted by Gasteiger charge is 2.34. The number of esters is 4. The van der Waals surface area contributed by atoms with Crippen molar-refractivity contribution in [3.63, 3.8) is 0 Å². The Bertz CT molecular complexity index is 913. The number of carbonyl (C=O) groups is 4. The Hall–Kier alpha value is -3.28. The Kier molecular flexibility index (Phi) is 2.68. The molecule has 1 aliphatic carbocycles. The fraction of sp³-hybridized carbons (Fsp3) is 0.0588. The summed E-state index contributed by atoms with van der Waals surface area (Å²) in [7, 11) is 0. The van der Waals surface area contributed by atoms with Crippen molar-refractivity contribution < 1.29 is 28.7 Å². The van der Waals surface area contributed by atoms with E-state index in [1.54, 1.807) is 24.3 Å². The molecule has 0 amide bonds. The Labute approximate surface area is 129 Å². The summed E-state index contributed by atoms with van der Waals surface area (Å²) >= 11 is 0. The largest absolute Gasteiger partial charge is 0.386 e. The van der Waals surface area contributed by atoms with Crippen molar-refractivity contribution >= 4 is 29.5 Å². The van der Waals surface area contributed by atoms with Gasteiger partial charge in [0.05, 0.1) is 22.3 Å². The van der Waals surface area contributed by atoms with E-state index in [2.05, 4.69) is 9.47 Å². The first kappa shape index (κ1) is 13.4. The van der Waals surface area contributed by atoms with Gasteiger partial charge in [0.1, 0.15) is 0 Å². The van der Waals surface area contributed by atoms with E-state index < -0.39 is 23.9 Å². The number of fused-ring (bicyclic) bond motifs is 2. The van der Waals surface area contributed by atoms with Crippen LogP contribution in [0.1, 0.15) is 32.7 Å². The minimum absolute atomic E-state index is 0.189. The normalized spacial score (nSPS) is 19.2. The second-order valence-corrected chi connectivity index (χ2v) is 5.19. The molecule has 0 radical (unpaired) electrons. The van der Waals surface area contributed by atoms with Gasteiger partial charge in [-0.3, -0.25) is 0 Å². The molecule has 4 rings (SSSR count). The van der Waals surface area contributed by atoms with Gasteiger partial charge < -0.3 is 9.47 Å². The number of rotatable bonds is 1. The SMILES string of the molecule is O=C1OC(=O)C2=CC(c3ccc4c(c3)C(=O)OC4=O)=CCC=C12. The van der Waals surface area contributed by atoms with E-state index in [1.807, 2.05) is 6.08 Å². The monoisotopic (exact) mass is 308 g/mol. The minimum Gasteiger partial charge on any atom is -0.386 e. The van der Waals surface area contributed by atoms with Crippen LogP contribution in [0.2, 0.25) is 0 Å². The van der Waals surface area contributed by atoms with E-state index in [9.17, 15) is 19.2 Å². The molecular weight excluding hydrogens is 300 g/mol. The Balaban J connectivity index is 1.80. The predicted molar refractivity (Wildman–Crippen MR) is 76.0 cm³/mol. The lowest BCUT2D eigenvalue weighted by atomic mass is 9.98. The number of benzene rings is 1. The van der Waals surface area contributed by atoms with Gasteiger partial charge in [-0.25, -0.2) is 19.2 Å². The maximum absolute atomic E-state index is 11.7. The smallest absolute Gasteiger partial charge is 0.346 e. The zero-order chi connectivity index (χ0) is 16.1. The molecule has 112 valence electrons. The molecule has 0 spiro atoms. The molecule has 3 aliphatic rings. The van der Waals surface area contributed by atoms with Gasteiger partial charge in [0.15, 0.2) is 0 Å². The topological polar surface area (TPSA) is 86.7 Å². The van der Waals surface area contributed by atoms with Gasteiger partial charge in [-0.1, -0.05) is 18.2 Å². The molecule has 0 bridgehead atoms. The van der Waals surface area contributed by atoms with Gasteiger partial charge in [0, 0.05) is 0 Å². The zero-order valence-corrected chi connectivity index (χ0v) is 11.6. The van der Waals surface area contributed by atoms with E-state index in [-0.39, 0.29) is 22.3 Å². The summed E-state index contributed by atoms with van der Waals surface area (Å²) < 4.78 is 9.15. The summed E-state index contributed by atoms with van der Waals surface area (Å²) in [4.78, 5) is 46.4. The standard InChI is InChI=1S/C17H8O6/c18-14-10-3-1-2-8(6-12(10)16(20)22-14)9-4-5-11-13(7-9)17(21)23-15(11)19/h2-7H,1H2. The molecule has 6 heteroatoms. The first-order valence-electron chi connectivity index (χ1n) is 6.84. The molecule has 6 nitrogen and oxygen atoms in total. The van der Waals surface area contributed by atoms with E-state index in [4.69, 9.17) is 0 Å². The van der Waals surface area contributed by atoms with Crippen molar-refractivity contribution in [1.29, 1.82) is 0 Å². The maximum atomic E-state index is 11.7. The molecule has 1 fully saturated rings. The second kappa shape index (κ2) is 4.61. The third-order valence-corrected chi connectivity index (χ3v) is 3.85. The van der Waals surface area contributed by atoms with Crippen LogP contribution in [0.25, 0.3) is 5.57 Å². The van der Waals surface area contributed by atoms with Gasteiger partial charge >= 0.3 is 23.9 Å². The maximum Gasteiger partial charge on any atom is 0.346 e. The van der Waals surface area contributed by atoms with Crippen molar-refractivity contribution in [2.24, 2.45) is 0 Å². The zero-order valence-electron chi connectivity index (χ0n) is 11.6. The molecule has 0 unspecified atom stereocenters. The van der Waals surface area contributed by atoms with Crippen LogP contribution >= 0.6 is 0 Å². The molecule has 1 aromatic rings. The molecule has 0 N–H and O–H groups in total. The average molecular weight is 308 g/mol. The van der Waals surface area contributed by atoms with Crippen LogP contribution in [0.15, 0.2) is 47.6 Å². The van der Waals surface area contributed by atoms with Gasteiger partial charge in [0.25, 0.3) is 0 Å². The fourth-order valence-corrected chi connectivity index (χ4v) is 2.73. The molecular formula is C17H8O6. The summed E-state index contributed by atoms with van der Waals surface area (Å²) in [6, 6.07) is 4.71. The molecule has 0 atom stereocenters. The van der Waals surface area contributed by atoms with Crippen LogP contribution in [-0.4, -0.2) is 23.9 Å². The quantitative estimate of drug-likeness (QED) is 0.580. The molecule has 2 aliphatic heterocycles. The predicted octanol–water partition coefficient (Wildman–Crippen LogP) is 1.72. The molecule has 23 heavy (non-hydrogen) atoms. The first-order chi connectivity index (χ1) is 11.0. The van der Waals surface area contributed by atoms with Gasteiger partial charge in [-0.15, -0.1) is 0 Å². The second-order valence-electron chi connectivity index (χ2n) is 5.19. The van der Waals surface area contributed by atoms with Crippen LogP contribution in [0, 0.1) is 0 Å². The summed E-state index contributed by atoms with van der Waals surface area (Å²) in [6.45, 7) is 0. The summed E-state index contributed by atoms with van der Waals surface area (Å²) in [6.07, 6.45) is 5.43. The van der Waals surface area contributed by atoms with Crippen LogP contribution in [0.5, 0.6) is 0 Å². The van der Waals surface area contributed by atoms with Gasteiger partial charge in [-0.2, -0.15) is 0 Å². The third kappa shape index (κ3) is 1.96. The molecule has 0 aromatic heterocycles. The number of ether oxygens (including phenoxy) is 2. The number of carbonyl (C=O) groups excluding carboxylic acids is 4. The summed E-state index contributed by atoms with van der Waals surface area (Å²) in [5.74, 6) is -2.70. The van der Waals surface area contributed by atoms with E-state index in [0.29, 0.717) is 17.6 Å². The Morgan fingerprint density at radius 1 is 0.739 bits per heavy atom. The van der Waals surface area contributed by atoms with Crippen molar-refractivity contribution in [3.8, 4) is 0 Å². The van der Waals surface area contributed by atoms with Gasteiger partial charge in [0.2, 0.25) is 0 Å². The number of hydrogen-bond donors (Lipinski definition) is 0. The van der Waals surface area contributed by atoms with E-state index in [0.717, 1.165) is 0 Å². The Morgan fingerprint density at radius 2 is 1.43 bits per heavy atom. The van der Waals surface area contributed by atoms with Crippen LogP contribution in [0.3, 0.4) is 0 Å². The number of allylic oxidation sites excluding steroid dienone is 4. The lowest BCUT2D eigenvalue weighted by molar-refractivity contribution is -0.149. The van der Waals surface area contributed by atoms with Crippen LogP contribution < -0.4 is 0 Å². The third-order valence-electron chi connectivity index (χ3n) is 3.85. The number of hydrogen-bond acceptors (Lipinski definition) is 6. The van der Waals surface area contributed by atoms with Crippen molar-refractivity contribution in [1.82, 2.24) is 0 Å². The average Bonchev–Trinajstić information content (AvgIpc) is 2.85. The molecule has 0 saturated carbocycles.